The first-order valence-corrected chi connectivity index (χ1v) is 7.63. The molecule has 7 heteroatoms. The number of pyridine rings is 1. The molecule has 1 saturated heterocycles. The third kappa shape index (κ3) is 4.00. The molecule has 0 bridgehead atoms. The number of aromatic nitrogens is 1. The molecule has 1 aromatic heterocycles. The van der Waals surface area contributed by atoms with Crippen LogP contribution in [0.4, 0.5) is 0 Å². The van der Waals surface area contributed by atoms with Crippen LogP contribution in [0.5, 0.6) is 0 Å². The van der Waals surface area contributed by atoms with Crippen LogP contribution in [-0.4, -0.2) is 32.0 Å². The second-order valence-electron chi connectivity index (χ2n) is 4.39. The van der Waals surface area contributed by atoms with E-state index in [1.54, 1.807) is 0 Å². The molecule has 1 atom stereocenters. The second kappa shape index (κ2) is 6.12. The summed E-state index contributed by atoms with van der Waals surface area (Å²) in [6.45, 7) is 0.722. The molecular weight excluding hydrogens is 268 g/mol. The lowest BCUT2D eigenvalue weighted by Gasteiger charge is -2.09. The molecule has 0 unspecified atom stereocenters. The summed E-state index contributed by atoms with van der Waals surface area (Å²) in [5.41, 5.74) is 0. The van der Waals surface area contributed by atoms with Gasteiger partial charge in [-0.3, -0.25) is 9.78 Å². The summed E-state index contributed by atoms with van der Waals surface area (Å²) in [4.78, 5) is 15.3. The molecule has 2 heterocycles. The molecule has 1 aliphatic heterocycles. The highest BCUT2D eigenvalue weighted by Crippen LogP contribution is 2.16. The molecule has 0 aliphatic carbocycles. The Morgan fingerprint density at radius 3 is 3.00 bits per heavy atom. The van der Waals surface area contributed by atoms with E-state index in [1.165, 1.54) is 24.5 Å². The van der Waals surface area contributed by atoms with Crippen molar-refractivity contribution in [3.8, 4) is 0 Å². The van der Waals surface area contributed by atoms with Crippen molar-refractivity contribution in [1.29, 1.82) is 0 Å². The van der Waals surface area contributed by atoms with Crippen LogP contribution in [0.2, 0.25) is 0 Å². The lowest BCUT2D eigenvalue weighted by atomic mass is 10.1. The van der Waals surface area contributed by atoms with Crippen LogP contribution in [-0.2, 0) is 19.6 Å². The average Bonchev–Trinajstić information content (AvgIpc) is 2.90. The lowest BCUT2D eigenvalue weighted by Crippen LogP contribution is -2.31. The number of sulfonamides is 1. The molecule has 6 nitrogen and oxygen atoms in total. The minimum absolute atomic E-state index is 0.0135. The first-order chi connectivity index (χ1) is 9.08. The van der Waals surface area contributed by atoms with Crippen molar-refractivity contribution in [2.75, 3.05) is 6.61 Å². The van der Waals surface area contributed by atoms with Crippen LogP contribution >= 0.6 is 0 Å². The van der Waals surface area contributed by atoms with E-state index in [0.29, 0.717) is 6.42 Å². The Morgan fingerprint density at radius 1 is 1.53 bits per heavy atom. The predicted molar refractivity (Wildman–Crippen MR) is 67.8 cm³/mol. The van der Waals surface area contributed by atoms with Crippen molar-refractivity contribution in [3.05, 3.63) is 24.5 Å². The molecule has 0 radical (unpaired) electrons. The summed E-state index contributed by atoms with van der Waals surface area (Å²) in [5.74, 6) is -0.514. The average molecular weight is 284 g/mol. The van der Waals surface area contributed by atoms with Crippen molar-refractivity contribution in [2.45, 2.75) is 36.7 Å². The van der Waals surface area contributed by atoms with E-state index in [-0.39, 0.29) is 17.4 Å². The van der Waals surface area contributed by atoms with Crippen molar-refractivity contribution in [2.24, 2.45) is 0 Å². The summed E-state index contributed by atoms with van der Waals surface area (Å²) in [5, 5.41) is 0. The normalized spacial score (nSPS) is 19.3. The molecule has 19 heavy (non-hydrogen) atoms. The molecule has 0 aromatic carbocycles. The SMILES string of the molecule is O=C(CC[C@@H]1CCCO1)NS(=O)(=O)c1cccnc1. The molecule has 0 spiro atoms. The van der Waals surface area contributed by atoms with E-state index in [4.69, 9.17) is 4.74 Å². The third-order valence-corrected chi connectivity index (χ3v) is 4.27. The summed E-state index contributed by atoms with van der Waals surface area (Å²) in [7, 11) is -3.81. The Bertz CT molecular complexity index is 524. The predicted octanol–water partition coefficient (Wildman–Crippen LogP) is 0.846. The fourth-order valence-corrected chi connectivity index (χ4v) is 2.91. The van der Waals surface area contributed by atoms with Gasteiger partial charge < -0.3 is 4.74 Å². The van der Waals surface area contributed by atoms with Crippen molar-refractivity contribution < 1.29 is 17.9 Å². The minimum atomic E-state index is -3.81. The topological polar surface area (TPSA) is 85.4 Å². The van der Waals surface area contributed by atoms with Crippen LogP contribution in [0.15, 0.2) is 29.4 Å². The minimum Gasteiger partial charge on any atom is -0.378 e. The number of nitrogens with zero attached hydrogens (tertiary/aromatic N) is 1. The summed E-state index contributed by atoms with van der Waals surface area (Å²) >= 11 is 0. The number of amides is 1. The zero-order valence-corrected chi connectivity index (χ0v) is 11.2. The van der Waals surface area contributed by atoms with Crippen LogP contribution in [0, 0.1) is 0 Å². The van der Waals surface area contributed by atoms with E-state index in [9.17, 15) is 13.2 Å². The molecular formula is C12H16N2O4S. The maximum atomic E-state index is 11.8. The Labute approximate surface area is 112 Å². The molecule has 104 valence electrons. The van der Waals surface area contributed by atoms with E-state index in [2.05, 4.69) is 4.98 Å². The van der Waals surface area contributed by atoms with E-state index < -0.39 is 15.9 Å². The fourth-order valence-electron chi connectivity index (χ4n) is 1.93. The Balaban J connectivity index is 1.87. The molecule has 1 fully saturated rings. The highest BCUT2D eigenvalue weighted by molar-refractivity contribution is 7.90. The van der Waals surface area contributed by atoms with E-state index >= 15 is 0 Å². The van der Waals surface area contributed by atoms with Gasteiger partial charge in [-0.1, -0.05) is 0 Å². The van der Waals surface area contributed by atoms with Crippen LogP contribution < -0.4 is 4.72 Å². The summed E-state index contributed by atoms with van der Waals surface area (Å²) in [6.07, 6.45) is 5.38. The van der Waals surface area contributed by atoms with Gasteiger partial charge in [0.15, 0.2) is 0 Å². The Hall–Kier alpha value is -1.47. The molecule has 1 aromatic rings. The second-order valence-corrected chi connectivity index (χ2v) is 6.07. The first-order valence-electron chi connectivity index (χ1n) is 6.15. The lowest BCUT2D eigenvalue weighted by molar-refractivity contribution is -0.119. The van der Waals surface area contributed by atoms with E-state index in [0.717, 1.165) is 19.4 Å². The quantitative estimate of drug-likeness (QED) is 0.866. The molecule has 1 aliphatic rings. The van der Waals surface area contributed by atoms with Crippen molar-refractivity contribution >= 4 is 15.9 Å². The number of carbonyl (C=O) groups is 1. The van der Waals surface area contributed by atoms with Gasteiger partial charge in [-0.15, -0.1) is 0 Å². The standard InChI is InChI=1S/C12H16N2O4S/c15-12(6-5-10-3-2-8-18-10)14-19(16,17)11-4-1-7-13-9-11/h1,4,7,9-10H,2-3,5-6,8H2,(H,14,15)/t10-/m0/s1. The maximum absolute atomic E-state index is 11.8. The van der Waals surface area contributed by atoms with Gasteiger partial charge >= 0.3 is 0 Å². The van der Waals surface area contributed by atoms with Gasteiger partial charge in [0.1, 0.15) is 4.90 Å². The van der Waals surface area contributed by atoms with Crippen molar-refractivity contribution in [3.63, 3.8) is 0 Å². The number of ether oxygens (including phenoxy) is 1. The van der Waals surface area contributed by atoms with Gasteiger partial charge in [-0.2, -0.15) is 0 Å². The molecule has 1 N–H and O–H groups in total. The third-order valence-electron chi connectivity index (χ3n) is 2.91. The van der Waals surface area contributed by atoms with Crippen LogP contribution in [0.25, 0.3) is 0 Å². The highest BCUT2D eigenvalue weighted by Gasteiger charge is 2.20. The van der Waals surface area contributed by atoms with Gasteiger partial charge in [-0.25, -0.2) is 13.1 Å². The zero-order valence-electron chi connectivity index (χ0n) is 10.4. The molecule has 1 amide bonds. The first kappa shape index (κ1) is 14.0. The zero-order chi connectivity index (χ0) is 13.7. The van der Waals surface area contributed by atoms with Crippen LogP contribution in [0.1, 0.15) is 25.7 Å². The largest absolute Gasteiger partial charge is 0.378 e. The highest BCUT2D eigenvalue weighted by atomic mass is 32.2. The number of nitrogens with one attached hydrogen (secondary N) is 1. The van der Waals surface area contributed by atoms with Gasteiger partial charge in [0, 0.05) is 25.4 Å². The monoisotopic (exact) mass is 284 g/mol. The summed E-state index contributed by atoms with van der Waals surface area (Å²) < 4.78 is 31.1. The van der Waals surface area contributed by atoms with E-state index in [1.807, 2.05) is 4.72 Å². The molecule has 0 saturated carbocycles. The van der Waals surface area contributed by atoms with Gasteiger partial charge in [0.25, 0.3) is 10.0 Å². The molecule has 2 rings (SSSR count). The fraction of sp³-hybridized carbons (Fsp3) is 0.500. The van der Waals surface area contributed by atoms with Gasteiger partial charge in [-0.05, 0) is 31.4 Å². The number of hydrogen-bond acceptors (Lipinski definition) is 5. The Kier molecular flexibility index (Phi) is 4.49. The smallest absolute Gasteiger partial charge is 0.265 e. The number of hydrogen-bond donors (Lipinski definition) is 1. The van der Waals surface area contributed by atoms with Gasteiger partial charge in [0.2, 0.25) is 5.91 Å². The van der Waals surface area contributed by atoms with Crippen LogP contribution in [0.3, 0.4) is 0 Å². The summed E-state index contributed by atoms with van der Waals surface area (Å²) in [6, 6.07) is 2.90. The van der Waals surface area contributed by atoms with Gasteiger partial charge in [0.05, 0.1) is 6.10 Å². The maximum Gasteiger partial charge on any atom is 0.265 e. The van der Waals surface area contributed by atoms with Crippen molar-refractivity contribution in [1.82, 2.24) is 9.71 Å². The number of carbonyl (C=O) groups excluding carboxylic acids is 1. The number of rotatable bonds is 5. The Morgan fingerprint density at radius 2 is 2.37 bits per heavy atom.